The highest BCUT2D eigenvalue weighted by molar-refractivity contribution is 5.12. The van der Waals surface area contributed by atoms with Crippen molar-refractivity contribution in [1.82, 2.24) is 24.7 Å². The summed E-state index contributed by atoms with van der Waals surface area (Å²) in [6.45, 7) is 2.45. The summed E-state index contributed by atoms with van der Waals surface area (Å²) in [6, 6.07) is 0. The molecule has 72 valence electrons. The first-order valence-electron chi connectivity index (χ1n) is 4.17. The van der Waals surface area contributed by atoms with Crippen LogP contribution in [0.1, 0.15) is 11.4 Å². The van der Waals surface area contributed by atoms with Gasteiger partial charge in [0.25, 0.3) is 0 Å². The quantitative estimate of drug-likeness (QED) is 0.721. The lowest BCUT2D eigenvalue weighted by Gasteiger charge is -2.01. The molecule has 0 spiro atoms. The average molecular weight is 190 g/mol. The van der Waals surface area contributed by atoms with Crippen molar-refractivity contribution in [1.29, 1.82) is 0 Å². The zero-order valence-electron chi connectivity index (χ0n) is 7.75. The van der Waals surface area contributed by atoms with Crippen LogP contribution in [-0.4, -0.2) is 24.7 Å². The zero-order valence-corrected chi connectivity index (χ0v) is 7.75. The van der Waals surface area contributed by atoms with Gasteiger partial charge in [-0.1, -0.05) is 0 Å². The fourth-order valence-corrected chi connectivity index (χ4v) is 1.13. The Morgan fingerprint density at radius 1 is 1.29 bits per heavy atom. The van der Waals surface area contributed by atoms with Crippen molar-refractivity contribution in [3.05, 3.63) is 30.1 Å². The topological polar surface area (TPSA) is 82.5 Å². The van der Waals surface area contributed by atoms with Crippen LogP contribution in [-0.2, 0) is 6.54 Å². The van der Waals surface area contributed by atoms with Crippen molar-refractivity contribution in [3.8, 4) is 0 Å². The van der Waals surface area contributed by atoms with Gasteiger partial charge in [0, 0.05) is 12.4 Å². The largest absolute Gasteiger partial charge is 0.367 e. The van der Waals surface area contributed by atoms with Crippen molar-refractivity contribution in [2.45, 2.75) is 13.5 Å². The minimum absolute atomic E-state index is 0.270. The first-order valence-corrected chi connectivity index (χ1v) is 4.17. The maximum Gasteiger partial charge on any atom is 0.239 e. The number of hydrogen-bond acceptors (Lipinski definition) is 5. The molecule has 2 heterocycles. The smallest absolute Gasteiger partial charge is 0.239 e. The van der Waals surface area contributed by atoms with Gasteiger partial charge < -0.3 is 5.73 Å². The third-order valence-corrected chi connectivity index (χ3v) is 1.85. The van der Waals surface area contributed by atoms with Crippen molar-refractivity contribution in [2.24, 2.45) is 0 Å². The standard InChI is InChI=1S/C8H10N6/c1-6-7(11-3-2-10-6)4-14-5-12-8(9)13-14/h2-3,5H,4H2,1H3,(H2,9,13). The number of rotatable bonds is 2. The van der Waals surface area contributed by atoms with Crippen LogP contribution < -0.4 is 5.73 Å². The van der Waals surface area contributed by atoms with E-state index in [9.17, 15) is 0 Å². The monoisotopic (exact) mass is 190 g/mol. The molecule has 6 nitrogen and oxygen atoms in total. The van der Waals surface area contributed by atoms with E-state index in [1.165, 1.54) is 0 Å². The molecule has 0 saturated carbocycles. The lowest BCUT2D eigenvalue weighted by atomic mass is 10.3. The predicted octanol–water partition coefficient (Wildman–Crippen LogP) is 0.00702. The normalized spacial score (nSPS) is 10.4. The van der Waals surface area contributed by atoms with Crippen LogP contribution in [0.2, 0.25) is 0 Å². The van der Waals surface area contributed by atoms with E-state index < -0.39 is 0 Å². The number of aromatic nitrogens is 5. The van der Waals surface area contributed by atoms with Crippen molar-refractivity contribution < 1.29 is 0 Å². The van der Waals surface area contributed by atoms with Gasteiger partial charge in [0.2, 0.25) is 5.95 Å². The first-order chi connectivity index (χ1) is 6.75. The van der Waals surface area contributed by atoms with Crippen molar-refractivity contribution in [3.63, 3.8) is 0 Å². The molecule has 2 N–H and O–H groups in total. The third-order valence-electron chi connectivity index (χ3n) is 1.85. The Morgan fingerprint density at radius 2 is 2.07 bits per heavy atom. The summed E-state index contributed by atoms with van der Waals surface area (Å²) in [5.74, 6) is 0.270. The Balaban J connectivity index is 2.23. The Kier molecular flexibility index (Phi) is 2.10. The molecular weight excluding hydrogens is 180 g/mol. The molecule has 0 radical (unpaired) electrons. The molecule has 0 unspecified atom stereocenters. The van der Waals surface area contributed by atoms with E-state index in [1.54, 1.807) is 23.4 Å². The molecule has 0 aliphatic rings. The molecule has 0 aliphatic heterocycles. The molecule has 0 amide bonds. The van der Waals surface area contributed by atoms with Crippen LogP contribution in [0.4, 0.5) is 5.95 Å². The predicted molar refractivity (Wildman–Crippen MR) is 50.3 cm³/mol. The lowest BCUT2D eigenvalue weighted by Crippen LogP contribution is -2.05. The zero-order chi connectivity index (χ0) is 9.97. The second-order valence-corrected chi connectivity index (χ2v) is 2.89. The number of nitrogens with zero attached hydrogens (tertiary/aromatic N) is 5. The number of nitrogens with two attached hydrogens (primary N) is 1. The van der Waals surface area contributed by atoms with Gasteiger partial charge >= 0.3 is 0 Å². The molecule has 6 heteroatoms. The van der Waals surface area contributed by atoms with Gasteiger partial charge in [-0.05, 0) is 6.92 Å². The van der Waals surface area contributed by atoms with Crippen LogP contribution in [0.3, 0.4) is 0 Å². The van der Waals surface area contributed by atoms with Gasteiger partial charge in [0.1, 0.15) is 6.33 Å². The van der Waals surface area contributed by atoms with E-state index in [0.29, 0.717) is 6.54 Å². The summed E-state index contributed by atoms with van der Waals surface area (Å²) < 4.78 is 1.63. The minimum Gasteiger partial charge on any atom is -0.367 e. The Hall–Kier alpha value is -1.98. The van der Waals surface area contributed by atoms with Gasteiger partial charge in [-0.3, -0.25) is 9.97 Å². The molecule has 0 bridgehead atoms. The molecular formula is C8H10N6. The Bertz CT molecular complexity index is 435. The summed E-state index contributed by atoms with van der Waals surface area (Å²) in [5.41, 5.74) is 7.15. The molecule has 0 aromatic carbocycles. The van der Waals surface area contributed by atoms with Gasteiger partial charge in [-0.2, -0.15) is 0 Å². The molecule has 0 fully saturated rings. The van der Waals surface area contributed by atoms with Crippen LogP contribution >= 0.6 is 0 Å². The minimum atomic E-state index is 0.270. The fraction of sp³-hybridized carbons (Fsp3) is 0.250. The average Bonchev–Trinajstić information content (AvgIpc) is 2.56. The highest BCUT2D eigenvalue weighted by Gasteiger charge is 2.02. The highest BCUT2D eigenvalue weighted by Crippen LogP contribution is 2.01. The Morgan fingerprint density at radius 3 is 2.71 bits per heavy atom. The van der Waals surface area contributed by atoms with E-state index in [-0.39, 0.29) is 5.95 Å². The molecule has 2 aromatic heterocycles. The third kappa shape index (κ3) is 1.68. The Labute approximate surface area is 80.8 Å². The van der Waals surface area contributed by atoms with Crippen LogP contribution in [0.25, 0.3) is 0 Å². The number of anilines is 1. The summed E-state index contributed by atoms with van der Waals surface area (Å²) >= 11 is 0. The first kappa shape index (κ1) is 8.61. The van der Waals surface area contributed by atoms with Crippen LogP contribution in [0, 0.1) is 6.92 Å². The molecule has 14 heavy (non-hydrogen) atoms. The van der Waals surface area contributed by atoms with Crippen molar-refractivity contribution in [2.75, 3.05) is 5.73 Å². The summed E-state index contributed by atoms with van der Waals surface area (Å²) in [7, 11) is 0. The second kappa shape index (κ2) is 3.41. The van der Waals surface area contributed by atoms with E-state index in [4.69, 9.17) is 5.73 Å². The molecule has 0 atom stereocenters. The van der Waals surface area contributed by atoms with Gasteiger partial charge in [-0.25, -0.2) is 9.67 Å². The van der Waals surface area contributed by atoms with Gasteiger partial charge in [0.15, 0.2) is 0 Å². The van der Waals surface area contributed by atoms with Crippen molar-refractivity contribution >= 4 is 5.95 Å². The van der Waals surface area contributed by atoms with E-state index in [0.717, 1.165) is 11.4 Å². The summed E-state index contributed by atoms with van der Waals surface area (Å²) in [6.07, 6.45) is 4.89. The number of hydrogen-bond donors (Lipinski definition) is 1. The summed E-state index contributed by atoms with van der Waals surface area (Å²) in [4.78, 5) is 12.1. The van der Waals surface area contributed by atoms with E-state index in [1.807, 2.05) is 6.92 Å². The molecule has 2 aromatic rings. The number of aryl methyl sites for hydroxylation is 1. The van der Waals surface area contributed by atoms with Gasteiger partial charge in [-0.15, -0.1) is 5.10 Å². The lowest BCUT2D eigenvalue weighted by molar-refractivity contribution is 0.665. The van der Waals surface area contributed by atoms with Crippen LogP contribution in [0.15, 0.2) is 18.7 Å². The van der Waals surface area contributed by atoms with E-state index in [2.05, 4.69) is 20.1 Å². The molecule has 2 rings (SSSR count). The highest BCUT2D eigenvalue weighted by atomic mass is 15.4. The maximum absolute atomic E-state index is 5.39. The number of nitrogen functional groups attached to an aromatic ring is 1. The molecule has 0 aliphatic carbocycles. The molecule has 0 saturated heterocycles. The maximum atomic E-state index is 5.39. The van der Waals surface area contributed by atoms with Gasteiger partial charge in [0.05, 0.1) is 17.9 Å². The van der Waals surface area contributed by atoms with E-state index >= 15 is 0 Å². The van der Waals surface area contributed by atoms with Crippen LogP contribution in [0.5, 0.6) is 0 Å². The summed E-state index contributed by atoms with van der Waals surface area (Å²) in [5, 5.41) is 3.96. The fourth-order valence-electron chi connectivity index (χ4n) is 1.13. The SMILES string of the molecule is Cc1nccnc1Cn1cnc(N)n1. The second-order valence-electron chi connectivity index (χ2n) is 2.89.